The second-order valence-corrected chi connectivity index (χ2v) is 6.41. The van der Waals surface area contributed by atoms with Crippen molar-refractivity contribution >= 4 is 12.0 Å². The summed E-state index contributed by atoms with van der Waals surface area (Å²) >= 11 is 0. The highest BCUT2D eigenvalue weighted by molar-refractivity contribution is 5.86. The molecule has 0 amide bonds. The van der Waals surface area contributed by atoms with Crippen molar-refractivity contribution < 1.29 is 14.1 Å². The number of hydrogen-bond donors (Lipinski definition) is 1. The molecule has 5 heteroatoms. The van der Waals surface area contributed by atoms with E-state index in [1.807, 2.05) is 19.9 Å². The molecule has 25 heavy (non-hydrogen) atoms. The Morgan fingerprint density at radius 3 is 3.00 bits per heavy atom. The quantitative estimate of drug-likeness (QED) is 0.646. The van der Waals surface area contributed by atoms with Crippen LogP contribution < -0.4 is 5.32 Å². The average Bonchev–Trinajstić information content (AvgIpc) is 3.17. The van der Waals surface area contributed by atoms with Gasteiger partial charge in [-0.25, -0.2) is 4.79 Å². The van der Waals surface area contributed by atoms with Crippen LogP contribution in [0.3, 0.4) is 0 Å². The normalized spacial score (nSPS) is 16.4. The molecule has 1 aromatic heterocycles. The summed E-state index contributed by atoms with van der Waals surface area (Å²) in [5.41, 5.74) is 5.92. The fourth-order valence-electron chi connectivity index (χ4n) is 3.42. The Kier molecular flexibility index (Phi) is 5.34. The molecule has 0 spiro atoms. The smallest absolute Gasteiger partial charge is 0.330 e. The predicted molar refractivity (Wildman–Crippen MR) is 96.2 cm³/mol. The van der Waals surface area contributed by atoms with Gasteiger partial charge in [0.2, 0.25) is 0 Å². The minimum absolute atomic E-state index is 0.334. The molecule has 0 aliphatic heterocycles. The van der Waals surface area contributed by atoms with Crippen molar-refractivity contribution in [1.82, 2.24) is 10.5 Å². The van der Waals surface area contributed by atoms with E-state index in [9.17, 15) is 4.79 Å². The number of hydrogen-bond acceptors (Lipinski definition) is 5. The first kappa shape index (κ1) is 17.4. The molecule has 3 rings (SSSR count). The maximum atomic E-state index is 11.2. The predicted octanol–water partition coefficient (Wildman–Crippen LogP) is 3.30. The van der Waals surface area contributed by atoms with E-state index in [0.717, 1.165) is 42.8 Å². The van der Waals surface area contributed by atoms with E-state index in [0.29, 0.717) is 6.04 Å². The van der Waals surface area contributed by atoms with E-state index >= 15 is 0 Å². The van der Waals surface area contributed by atoms with Gasteiger partial charge in [-0.05, 0) is 62.4 Å². The van der Waals surface area contributed by atoms with E-state index in [1.54, 1.807) is 6.08 Å². The third-order valence-electron chi connectivity index (χ3n) is 4.80. The van der Waals surface area contributed by atoms with E-state index in [2.05, 4.69) is 27.3 Å². The molecular formula is C20H24N2O3. The Morgan fingerprint density at radius 1 is 1.44 bits per heavy atom. The molecule has 0 saturated carbocycles. The highest BCUT2D eigenvalue weighted by atomic mass is 16.5. The highest BCUT2D eigenvalue weighted by Crippen LogP contribution is 2.32. The molecule has 0 bridgehead atoms. The van der Waals surface area contributed by atoms with E-state index in [1.165, 1.54) is 29.9 Å². The number of aryl methyl sites for hydroxylation is 3. The molecule has 0 saturated heterocycles. The van der Waals surface area contributed by atoms with E-state index < -0.39 is 0 Å². The van der Waals surface area contributed by atoms with Crippen molar-refractivity contribution in [1.29, 1.82) is 0 Å². The molecular weight excluding hydrogens is 316 g/mol. The van der Waals surface area contributed by atoms with Gasteiger partial charge in [0.05, 0.1) is 12.8 Å². The van der Waals surface area contributed by atoms with E-state index in [-0.39, 0.29) is 5.97 Å². The average molecular weight is 340 g/mol. The number of carbonyl (C=O) groups is 1. The molecule has 2 aromatic rings. The molecule has 0 fully saturated rings. The first-order chi connectivity index (χ1) is 12.1. The van der Waals surface area contributed by atoms with Crippen molar-refractivity contribution in [2.45, 2.75) is 39.2 Å². The van der Waals surface area contributed by atoms with Gasteiger partial charge >= 0.3 is 5.97 Å². The SMILES string of the molecule is COC(=O)/C=C/c1ccc2c(c1)CCC2NCCc1c(C)noc1C. The molecule has 0 radical (unpaired) electrons. The van der Waals surface area contributed by atoms with Crippen molar-refractivity contribution in [3.8, 4) is 0 Å². The number of fused-ring (bicyclic) bond motifs is 1. The molecule has 1 N–H and O–H groups in total. The lowest BCUT2D eigenvalue weighted by molar-refractivity contribution is -0.134. The second-order valence-electron chi connectivity index (χ2n) is 6.41. The third-order valence-corrected chi connectivity index (χ3v) is 4.80. The zero-order valence-electron chi connectivity index (χ0n) is 15.0. The van der Waals surface area contributed by atoms with Gasteiger partial charge in [-0.2, -0.15) is 0 Å². The standard InChI is InChI=1S/C20H24N2O3/c1-13-17(14(2)25-22-13)10-11-21-19-8-6-16-12-15(4-7-18(16)19)5-9-20(23)24-3/h4-5,7,9,12,19,21H,6,8,10-11H2,1-3H3/b9-5+. The number of nitrogens with one attached hydrogen (secondary N) is 1. The number of aromatic nitrogens is 1. The minimum Gasteiger partial charge on any atom is -0.466 e. The molecule has 1 aliphatic rings. The molecule has 1 atom stereocenters. The largest absolute Gasteiger partial charge is 0.466 e. The zero-order valence-corrected chi connectivity index (χ0v) is 15.0. The number of carbonyl (C=O) groups excluding carboxylic acids is 1. The lowest BCUT2D eigenvalue weighted by atomic mass is 10.0. The van der Waals surface area contributed by atoms with Crippen LogP contribution in [0.4, 0.5) is 0 Å². The molecule has 1 unspecified atom stereocenters. The molecule has 1 heterocycles. The van der Waals surface area contributed by atoms with Crippen LogP contribution in [0.25, 0.3) is 6.08 Å². The number of benzene rings is 1. The summed E-state index contributed by atoms with van der Waals surface area (Å²) in [6.07, 6.45) is 6.33. The maximum Gasteiger partial charge on any atom is 0.330 e. The number of ether oxygens (including phenoxy) is 1. The summed E-state index contributed by atoms with van der Waals surface area (Å²) in [5.74, 6) is 0.576. The van der Waals surface area contributed by atoms with Gasteiger partial charge in [-0.1, -0.05) is 23.4 Å². The molecule has 5 nitrogen and oxygen atoms in total. The van der Waals surface area contributed by atoms with E-state index in [4.69, 9.17) is 4.52 Å². The van der Waals surface area contributed by atoms with Crippen LogP contribution in [0.5, 0.6) is 0 Å². The summed E-state index contributed by atoms with van der Waals surface area (Å²) in [5, 5.41) is 7.65. The number of rotatable bonds is 6. The van der Waals surface area contributed by atoms with Crippen LogP contribution >= 0.6 is 0 Å². The summed E-state index contributed by atoms with van der Waals surface area (Å²) < 4.78 is 9.84. The molecule has 132 valence electrons. The maximum absolute atomic E-state index is 11.2. The van der Waals surface area contributed by atoms with Crippen LogP contribution in [0.1, 0.15) is 46.2 Å². The lowest BCUT2D eigenvalue weighted by Crippen LogP contribution is -2.22. The van der Waals surface area contributed by atoms with Crippen molar-refractivity contribution in [3.05, 3.63) is 58.0 Å². The highest BCUT2D eigenvalue weighted by Gasteiger charge is 2.22. The van der Waals surface area contributed by atoms with Crippen LogP contribution in [0.2, 0.25) is 0 Å². The van der Waals surface area contributed by atoms with Gasteiger partial charge < -0.3 is 14.6 Å². The van der Waals surface area contributed by atoms with Crippen molar-refractivity contribution in [2.24, 2.45) is 0 Å². The topological polar surface area (TPSA) is 64.4 Å². The Morgan fingerprint density at radius 2 is 2.28 bits per heavy atom. The van der Waals surface area contributed by atoms with Gasteiger partial charge in [0, 0.05) is 17.7 Å². The Labute approximate surface area is 148 Å². The third kappa shape index (κ3) is 3.99. The first-order valence-corrected chi connectivity index (χ1v) is 8.62. The Bertz CT molecular complexity index is 773. The lowest BCUT2D eigenvalue weighted by Gasteiger charge is -2.14. The Hall–Kier alpha value is -2.40. The summed E-state index contributed by atoms with van der Waals surface area (Å²) in [6.45, 7) is 4.85. The second kappa shape index (κ2) is 7.66. The molecule has 1 aromatic carbocycles. The summed E-state index contributed by atoms with van der Waals surface area (Å²) in [6, 6.07) is 6.75. The minimum atomic E-state index is -0.334. The number of nitrogens with zero attached hydrogens (tertiary/aromatic N) is 1. The van der Waals surface area contributed by atoms with Gasteiger partial charge in [-0.3, -0.25) is 0 Å². The fourth-order valence-corrected chi connectivity index (χ4v) is 3.42. The monoisotopic (exact) mass is 340 g/mol. The van der Waals surface area contributed by atoms with Crippen LogP contribution in [-0.2, 0) is 22.4 Å². The summed E-state index contributed by atoms with van der Waals surface area (Å²) in [4.78, 5) is 11.2. The number of methoxy groups -OCH3 is 1. The Balaban J connectivity index is 1.60. The fraction of sp³-hybridized carbons (Fsp3) is 0.400. The van der Waals surface area contributed by atoms with Gasteiger partial charge in [-0.15, -0.1) is 0 Å². The van der Waals surface area contributed by atoms with Crippen molar-refractivity contribution in [2.75, 3.05) is 13.7 Å². The van der Waals surface area contributed by atoms with Crippen LogP contribution in [-0.4, -0.2) is 24.8 Å². The summed E-state index contributed by atoms with van der Waals surface area (Å²) in [7, 11) is 1.38. The van der Waals surface area contributed by atoms with Gasteiger partial charge in [0.25, 0.3) is 0 Å². The first-order valence-electron chi connectivity index (χ1n) is 8.62. The number of esters is 1. The van der Waals surface area contributed by atoms with Crippen molar-refractivity contribution in [3.63, 3.8) is 0 Å². The van der Waals surface area contributed by atoms with Crippen LogP contribution in [0.15, 0.2) is 28.8 Å². The van der Waals surface area contributed by atoms with Gasteiger partial charge in [0.1, 0.15) is 5.76 Å². The van der Waals surface area contributed by atoms with Gasteiger partial charge in [0.15, 0.2) is 0 Å². The zero-order chi connectivity index (χ0) is 17.8. The van der Waals surface area contributed by atoms with Crippen LogP contribution in [0, 0.1) is 13.8 Å². The molecule has 1 aliphatic carbocycles.